The minimum absolute atomic E-state index is 0.186. The Balaban J connectivity index is 1.70. The normalized spacial score (nSPS) is 13.8. The van der Waals surface area contributed by atoms with Crippen LogP contribution < -0.4 is 19.0 Å². The SMILES string of the molecule is CCn1c(=NC(=O)Cc2cccc(OC)c2)sc2cc3c(cc21)OCCO3. The molecule has 0 saturated carbocycles. The quantitative estimate of drug-likeness (QED) is 0.693. The third-order valence-electron chi connectivity index (χ3n) is 4.37. The molecule has 140 valence electrons. The number of benzene rings is 2. The highest BCUT2D eigenvalue weighted by Gasteiger charge is 2.16. The molecule has 0 radical (unpaired) electrons. The zero-order valence-corrected chi connectivity index (χ0v) is 16.0. The number of hydrogen-bond donors (Lipinski definition) is 0. The fraction of sp³-hybridized carbons (Fsp3) is 0.300. The minimum atomic E-state index is -0.186. The molecule has 1 aliphatic heterocycles. The molecule has 7 heteroatoms. The van der Waals surface area contributed by atoms with E-state index in [9.17, 15) is 4.79 Å². The Morgan fingerprint density at radius 2 is 2.00 bits per heavy atom. The van der Waals surface area contributed by atoms with Crippen molar-refractivity contribution >= 4 is 27.5 Å². The molecule has 1 aromatic heterocycles. The monoisotopic (exact) mass is 384 g/mol. The maximum absolute atomic E-state index is 12.5. The number of carbonyl (C=O) groups is 1. The van der Waals surface area contributed by atoms with E-state index < -0.39 is 0 Å². The number of nitrogens with zero attached hydrogens (tertiary/aromatic N) is 2. The molecule has 4 rings (SSSR count). The largest absolute Gasteiger partial charge is 0.497 e. The fourth-order valence-electron chi connectivity index (χ4n) is 3.10. The zero-order valence-electron chi connectivity index (χ0n) is 15.2. The number of fused-ring (bicyclic) bond motifs is 2. The second-order valence-corrected chi connectivity index (χ2v) is 7.14. The summed E-state index contributed by atoms with van der Waals surface area (Å²) in [6.07, 6.45) is 0.234. The van der Waals surface area contributed by atoms with Gasteiger partial charge in [-0.2, -0.15) is 4.99 Å². The minimum Gasteiger partial charge on any atom is -0.497 e. The summed E-state index contributed by atoms with van der Waals surface area (Å²) in [5, 5.41) is 0. The van der Waals surface area contributed by atoms with Gasteiger partial charge in [-0.05, 0) is 24.6 Å². The van der Waals surface area contributed by atoms with Crippen molar-refractivity contribution in [1.82, 2.24) is 4.57 Å². The van der Waals surface area contributed by atoms with E-state index in [1.165, 1.54) is 11.3 Å². The molecule has 1 aliphatic rings. The van der Waals surface area contributed by atoms with Crippen molar-refractivity contribution in [3.05, 3.63) is 46.8 Å². The average Bonchev–Trinajstić information content (AvgIpc) is 3.01. The third kappa shape index (κ3) is 3.55. The smallest absolute Gasteiger partial charge is 0.252 e. The second-order valence-electron chi connectivity index (χ2n) is 6.13. The van der Waals surface area contributed by atoms with E-state index in [0.717, 1.165) is 33.0 Å². The summed E-state index contributed by atoms with van der Waals surface area (Å²) in [6.45, 7) is 3.85. The fourth-order valence-corrected chi connectivity index (χ4v) is 4.22. The molecule has 0 fully saturated rings. The lowest BCUT2D eigenvalue weighted by molar-refractivity contribution is -0.117. The molecule has 0 atom stereocenters. The van der Waals surface area contributed by atoms with Gasteiger partial charge in [-0.15, -0.1) is 0 Å². The van der Waals surface area contributed by atoms with Crippen molar-refractivity contribution in [2.45, 2.75) is 19.9 Å². The highest BCUT2D eigenvalue weighted by Crippen LogP contribution is 2.35. The summed E-state index contributed by atoms with van der Waals surface area (Å²) in [7, 11) is 1.61. The topological polar surface area (TPSA) is 62.1 Å². The van der Waals surface area contributed by atoms with Gasteiger partial charge in [-0.25, -0.2) is 0 Å². The number of aryl methyl sites for hydroxylation is 1. The Kier molecular flexibility index (Phi) is 4.85. The molecule has 6 nitrogen and oxygen atoms in total. The highest BCUT2D eigenvalue weighted by atomic mass is 32.1. The predicted molar refractivity (Wildman–Crippen MR) is 104 cm³/mol. The van der Waals surface area contributed by atoms with Crippen LogP contribution in [0.15, 0.2) is 41.4 Å². The number of aromatic nitrogens is 1. The number of carbonyl (C=O) groups excluding carboxylic acids is 1. The first kappa shape index (κ1) is 17.6. The van der Waals surface area contributed by atoms with Crippen LogP contribution in [0.5, 0.6) is 17.2 Å². The highest BCUT2D eigenvalue weighted by molar-refractivity contribution is 7.16. The van der Waals surface area contributed by atoms with Gasteiger partial charge in [0.15, 0.2) is 16.3 Å². The lowest BCUT2D eigenvalue weighted by atomic mass is 10.1. The second kappa shape index (κ2) is 7.44. The lowest BCUT2D eigenvalue weighted by Gasteiger charge is -2.18. The van der Waals surface area contributed by atoms with Crippen LogP contribution in [0.1, 0.15) is 12.5 Å². The summed E-state index contributed by atoms with van der Waals surface area (Å²) < 4.78 is 19.6. The molecular formula is C20H20N2O4S. The first-order valence-corrected chi connectivity index (χ1v) is 9.63. The molecule has 1 amide bonds. The molecule has 0 bridgehead atoms. The maximum atomic E-state index is 12.5. The van der Waals surface area contributed by atoms with E-state index in [0.29, 0.717) is 24.6 Å². The Morgan fingerprint density at radius 1 is 1.22 bits per heavy atom. The Morgan fingerprint density at radius 3 is 2.74 bits per heavy atom. The number of methoxy groups -OCH3 is 1. The number of rotatable bonds is 4. The van der Waals surface area contributed by atoms with Crippen molar-refractivity contribution in [2.24, 2.45) is 4.99 Å². The summed E-state index contributed by atoms with van der Waals surface area (Å²) in [5.74, 6) is 2.03. The van der Waals surface area contributed by atoms with E-state index in [1.807, 2.05) is 47.9 Å². The van der Waals surface area contributed by atoms with Crippen LogP contribution in [0.3, 0.4) is 0 Å². The molecule has 27 heavy (non-hydrogen) atoms. The van der Waals surface area contributed by atoms with Crippen LogP contribution in [-0.4, -0.2) is 30.8 Å². The van der Waals surface area contributed by atoms with Gasteiger partial charge in [0.2, 0.25) is 0 Å². The van der Waals surface area contributed by atoms with Gasteiger partial charge >= 0.3 is 0 Å². The van der Waals surface area contributed by atoms with Gasteiger partial charge < -0.3 is 18.8 Å². The lowest BCUT2D eigenvalue weighted by Crippen LogP contribution is -2.17. The average molecular weight is 384 g/mol. The molecule has 0 spiro atoms. The molecule has 0 unspecified atom stereocenters. The van der Waals surface area contributed by atoms with E-state index >= 15 is 0 Å². The van der Waals surface area contributed by atoms with Crippen molar-refractivity contribution in [2.75, 3.05) is 20.3 Å². The van der Waals surface area contributed by atoms with Crippen molar-refractivity contribution in [1.29, 1.82) is 0 Å². The first-order chi connectivity index (χ1) is 13.2. The molecule has 0 saturated heterocycles. The van der Waals surface area contributed by atoms with Gasteiger partial charge in [0.05, 0.1) is 23.7 Å². The van der Waals surface area contributed by atoms with Crippen molar-refractivity contribution < 1.29 is 19.0 Å². The number of ether oxygens (including phenoxy) is 3. The van der Waals surface area contributed by atoms with E-state index in [-0.39, 0.29) is 12.3 Å². The Labute approximate surface area is 160 Å². The third-order valence-corrected chi connectivity index (χ3v) is 5.41. The van der Waals surface area contributed by atoms with Gasteiger partial charge in [0, 0.05) is 18.7 Å². The molecule has 2 heterocycles. The zero-order chi connectivity index (χ0) is 18.8. The van der Waals surface area contributed by atoms with Gasteiger partial charge in [0.1, 0.15) is 19.0 Å². The predicted octanol–water partition coefficient (Wildman–Crippen LogP) is 3.17. The number of hydrogen-bond acceptors (Lipinski definition) is 5. The van der Waals surface area contributed by atoms with Gasteiger partial charge in [-0.1, -0.05) is 23.5 Å². The van der Waals surface area contributed by atoms with Crippen LogP contribution in [0, 0.1) is 0 Å². The van der Waals surface area contributed by atoms with Crippen LogP contribution in [0.25, 0.3) is 10.2 Å². The summed E-state index contributed by atoms with van der Waals surface area (Å²) >= 11 is 1.48. The van der Waals surface area contributed by atoms with Crippen LogP contribution in [0.2, 0.25) is 0 Å². The van der Waals surface area contributed by atoms with Crippen molar-refractivity contribution in [3.63, 3.8) is 0 Å². The molecule has 2 aromatic carbocycles. The number of amides is 1. The van der Waals surface area contributed by atoms with E-state index in [4.69, 9.17) is 14.2 Å². The van der Waals surface area contributed by atoms with Crippen LogP contribution in [-0.2, 0) is 17.8 Å². The summed E-state index contributed by atoms with van der Waals surface area (Å²) in [4.78, 5) is 17.6. The summed E-state index contributed by atoms with van der Waals surface area (Å²) in [5.41, 5.74) is 1.88. The van der Waals surface area contributed by atoms with Crippen LogP contribution >= 0.6 is 11.3 Å². The Hall–Kier alpha value is -2.80. The van der Waals surface area contributed by atoms with E-state index in [2.05, 4.69) is 4.99 Å². The first-order valence-electron chi connectivity index (χ1n) is 8.81. The summed E-state index contributed by atoms with van der Waals surface area (Å²) in [6, 6.07) is 11.4. The maximum Gasteiger partial charge on any atom is 0.252 e. The van der Waals surface area contributed by atoms with Crippen molar-refractivity contribution in [3.8, 4) is 17.2 Å². The van der Waals surface area contributed by atoms with Gasteiger partial charge in [0.25, 0.3) is 5.91 Å². The molecule has 3 aromatic rings. The molecule has 0 N–H and O–H groups in total. The standard InChI is InChI=1S/C20H20N2O4S/c1-3-22-15-11-16-17(26-8-7-25-16)12-18(15)27-20(22)21-19(23)10-13-5-4-6-14(9-13)24-2/h4-6,9,11-12H,3,7-8,10H2,1-2H3. The number of thiazole rings is 1. The Bertz CT molecular complexity index is 1070. The molecule has 0 aliphatic carbocycles. The van der Waals surface area contributed by atoms with Crippen LogP contribution in [0.4, 0.5) is 0 Å². The van der Waals surface area contributed by atoms with E-state index in [1.54, 1.807) is 7.11 Å². The molecular weight excluding hydrogens is 364 g/mol. The van der Waals surface area contributed by atoms with Gasteiger partial charge in [-0.3, -0.25) is 4.79 Å².